The molecule has 0 saturated heterocycles. The van der Waals surface area contributed by atoms with E-state index in [1.807, 2.05) is 30.3 Å². The van der Waals surface area contributed by atoms with Gasteiger partial charge in [-0.3, -0.25) is 0 Å². The van der Waals surface area contributed by atoms with E-state index >= 15 is 0 Å². The summed E-state index contributed by atoms with van der Waals surface area (Å²) in [4.78, 5) is 0. The zero-order valence-electron chi connectivity index (χ0n) is 12.5. The van der Waals surface area contributed by atoms with Crippen LogP contribution in [0.1, 0.15) is 48.0 Å². The van der Waals surface area contributed by atoms with Crippen LogP contribution in [0.25, 0.3) is 0 Å². The normalized spacial score (nSPS) is 16.3. The third-order valence-corrected chi connectivity index (χ3v) is 4.46. The van der Waals surface area contributed by atoms with Gasteiger partial charge in [0, 0.05) is 6.42 Å². The van der Waals surface area contributed by atoms with Crippen LogP contribution in [0.2, 0.25) is 0 Å². The molecule has 0 spiro atoms. The van der Waals surface area contributed by atoms with E-state index in [0.717, 1.165) is 16.9 Å². The Morgan fingerprint density at radius 3 is 2.67 bits per heavy atom. The van der Waals surface area contributed by atoms with E-state index in [9.17, 15) is 5.11 Å². The largest absolute Gasteiger partial charge is 0.497 e. The monoisotopic (exact) mass is 282 g/mol. The number of aliphatic hydroxyl groups is 1. The van der Waals surface area contributed by atoms with Crippen molar-refractivity contribution in [3.8, 4) is 5.75 Å². The summed E-state index contributed by atoms with van der Waals surface area (Å²) in [6, 6.07) is 16.3. The molecule has 1 atom stereocenters. The minimum atomic E-state index is -0.450. The van der Waals surface area contributed by atoms with Crippen molar-refractivity contribution >= 4 is 0 Å². The molecule has 1 unspecified atom stereocenters. The first-order valence-corrected chi connectivity index (χ1v) is 7.67. The highest BCUT2D eigenvalue weighted by Crippen LogP contribution is 2.39. The first-order chi connectivity index (χ1) is 10.3. The van der Waals surface area contributed by atoms with Crippen LogP contribution in [-0.2, 0) is 6.42 Å². The quantitative estimate of drug-likeness (QED) is 0.889. The van der Waals surface area contributed by atoms with Gasteiger partial charge in [0.05, 0.1) is 13.2 Å². The van der Waals surface area contributed by atoms with Crippen molar-refractivity contribution < 1.29 is 9.84 Å². The van der Waals surface area contributed by atoms with Crippen LogP contribution in [0.3, 0.4) is 0 Å². The summed E-state index contributed by atoms with van der Waals surface area (Å²) in [7, 11) is 1.67. The van der Waals surface area contributed by atoms with Crippen LogP contribution in [-0.4, -0.2) is 12.2 Å². The van der Waals surface area contributed by atoms with Gasteiger partial charge in [0.15, 0.2) is 0 Å². The van der Waals surface area contributed by atoms with Gasteiger partial charge in [0.1, 0.15) is 5.75 Å². The molecule has 2 aromatic rings. The van der Waals surface area contributed by atoms with E-state index in [2.05, 4.69) is 18.2 Å². The van der Waals surface area contributed by atoms with Crippen LogP contribution in [0.4, 0.5) is 0 Å². The van der Waals surface area contributed by atoms with Crippen molar-refractivity contribution in [3.05, 3.63) is 65.2 Å². The highest BCUT2D eigenvalue weighted by Gasteiger charge is 2.24. The van der Waals surface area contributed by atoms with Gasteiger partial charge in [-0.1, -0.05) is 42.8 Å². The summed E-state index contributed by atoms with van der Waals surface area (Å²) < 4.78 is 5.25. The number of ether oxygens (including phenoxy) is 1. The molecule has 21 heavy (non-hydrogen) atoms. The number of hydrogen-bond donors (Lipinski definition) is 1. The summed E-state index contributed by atoms with van der Waals surface area (Å²) in [5.74, 6) is 1.48. The first kappa shape index (κ1) is 14.2. The Morgan fingerprint density at radius 1 is 1.14 bits per heavy atom. The number of hydrogen-bond acceptors (Lipinski definition) is 2. The molecule has 1 aliphatic carbocycles. The van der Waals surface area contributed by atoms with Crippen molar-refractivity contribution in [1.82, 2.24) is 0 Å². The molecule has 0 bridgehead atoms. The van der Waals surface area contributed by atoms with Crippen molar-refractivity contribution in [2.24, 2.45) is 0 Å². The summed E-state index contributed by atoms with van der Waals surface area (Å²) in [6.45, 7) is 0. The Bertz CT molecular complexity index is 602. The smallest absolute Gasteiger partial charge is 0.119 e. The van der Waals surface area contributed by atoms with Crippen molar-refractivity contribution in [3.63, 3.8) is 0 Å². The zero-order valence-corrected chi connectivity index (χ0v) is 12.5. The van der Waals surface area contributed by atoms with E-state index in [4.69, 9.17) is 4.74 Å². The molecule has 1 saturated carbocycles. The van der Waals surface area contributed by atoms with E-state index in [0.29, 0.717) is 12.3 Å². The third kappa shape index (κ3) is 3.11. The lowest BCUT2D eigenvalue weighted by atomic mass is 9.77. The molecule has 0 aliphatic heterocycles. The van der Waals surface area contributed by atoms with Crippen LogP contribution >= 0.6 is 0 Å². The molecule has 0 radical (unpaired) electrons. The molecule has 1 fully saturated rings. The van der Waals surface area contributed by atoms with Crippen LogP contribution in [0.15, 0.2) is 48.5 Å². The fraction of sp³-hybridized carbons (Fsp3) is 0.368. The second kappa shape index (κ2) is 6.31. The highest BCUT2D eigenvalue weighted by molar-refractivity contribution is 5.35. The maximum Gasteiger partial charge on any atom is 0.119 e. The predicted octanol–water partition coefficient (Wildman–Crippen LogP) is 4.24. The van der Waals surface area contributed by atoms with Crippen LogP contribution < -0.4 is 4.74 Å². The second-order valence-electron chi connectivity index (χ2n) is 5.83. The molecule has 2 nitrogen and oxygen atoms in total. The van der Waals surface area contributed by atoms with E-state index in [-0.39, 0.29) is 0 Å². The third-order valence-electron chi connectivity index (χ3n) is 4.46. The lowest BCUT2D eigenvalue weighted by Gasteiger charge is -2.29. The molecular formula is C19H22O2. The zero-order chi connectivity index (χ0) is 14.7. The molecule has 2 aromatic carbocycles. The van der Waals surface area contributed by atoms with E-state index < -0.39 is 6.10 Å². The lowest BCUT2D eigenvalue weighted by molar-refractivity contribution is 0.175. The lowest BCUT2D eigenvalue weighted by Crippen LogP contribution is -2.14. The maximum absolute atomic E-state index is 10.6. The fourth-order valence-corrected chi connectivity index (χ4v) is 3.04. The minimum Gasteiger partial charge on any atom is -0.497 e. The van der Waals surface area contributed by atoms with Gasteiger partial charge in [-0.15, -0.1) is 0 Å². The van der Waals surface area contributed by atoms with E-state index in [1.54, 1.807) is 7.11 Å². The summed E-state index contributed by atoms with van der Waals surface area (Å²) in [5.41, 5.74) is 3.52. The molecule has 3 rings (SSSR count). The van der Waals surface area contributed by atoms with Gasteiger partial charge >= 0.3 is 0 Å². The Balaban J connectivity index is 1.80. The average molecular weight is 282 g/mol. The van der Waals surface area contributed by atoms with Gasteiger partial charge in [0.2, 0.25) is 0 Å². The number of aliphatic hydroxyl groups excluding tert-OH is 1. The number of methoxy groups -OCH3 is 1. The van der Waals surface area contributed by atoms with Gasteiger partial charge < -0.3 is 9.84 Å². The first-order valence-electron chi connectivity index (χ1n) is 7.67. The van der Waals surface area contributed by atoms with Crippen molar-refractivity contribution in [2.75, 3.05) is 7.11 Å². The van der Waals surface area contributed by atoms with Gasteiger partial charge in [0.25, 0.3) is 0 Å². The highest BCUT2D eigenvalue weighted by atomic mass is 16.5. The SMILES string of the molecule is COc1cccc(CC(O)c2ccccc2C2CCC2)c1. The number of rotatable bonds is 5. The Kier molecular flexibility index (Phi) is 4.26. The Hall–Kier alpha value is -1.80. The molecule has 2 heteroatoms. The van der Waals surface area contributed by atoms with Gasteiger partial charge in [-0.25, -0.2) is 0 Å². The predicted molar refractivity (Wildman–Crippen MR) is 84.7 cm³/mol. The van der Waals surface area contributed by atoms with E-state index in [1.165, 1.54) is 24.8 Å². The Morgan fingerprint density at radius 2 is 1.95 bits per heavy atom. The van der Waals surface area contributed by atoms with Crippen LogP contribution in [0, 0.1) is 0 Å². The standard InChI is InChI=1S/C19H22O2/c1-21-16-9-4-6-14(12-16)13-19(20)18-11-3-2-10-17(18)15-7-5-8-15/h2-4,6,9-12,15,19-20H,5,7-8,13H2,1H3. The molecule has 110 valence electrons. The topological polar surface area (TPSA) is 29.5 Å². The van der Waals surface area contributed by atoms with Crippen molar-refractivity contribution in [1.29, 1.82) is 0 Å². The average Bonchev–Trinajstić information content (AvgIpc) is 2.46. The van der Waals surface area contributed by atoms with Crippen molar-refractivity contribution in [2.45, 2.75) is 37.7 Å². The molecule has 0 heterocycles. The fourth-order valence-electron chi connectivity index (χ4n) is 3.04. The molecule has 0 aromatic heterocycles. The Labute approximate surface area is 126 Å². The molecule has 1 aliphatic rings. The van der Waals surface area contributed by atoms with Gasteiger partial charge in [-0.2, -0.15) is 0 Å². The van der Waals surface area contributed by atoms with Crippen LogP contribution in [0.5, 0.6) is 5.75 Å². The second-order valence-corrected chi connectivity index (χ2v) is 5.83. The van der Waals surface area contributed by atoms with Gasteiger partial charge in [-0.05, 0) is 47.6 Å². The summed E-state index contributed by atoms with van der Waals surface area (Å²) in [6.07, 6.45) is 3.99. The summed E-state index contributed by atoms with van der Waals surface area (Å²) >= 11 is 0. The molecular weight excluding hydrogens is 260 g/mol. The summed E-state index contributed by atoms with van der Waals surface area (Å²) in [5, 5.41) is 10.6. The minimum absolute atomic E-state index is 0.450. The maximum atomic E-state index is 10.6. The molecule has 0 amide bonds. The number of benzene rings is 2. The molecule has 1 N–H and O–H groups in total.